The van der Waals surface area contributed by atoms with Crippen molar-refractivity contribution in [3.63, 3.8) is 0 Å². The fourth-order valence-corrected chi connectivity index (χ4v) is 2.85. The lowest BCUT2D eigenvalue weighted by Crippen LogP contribution is -2.10. The number of amidine groups is 1. The third kappa shape index (κ3) is 2.59. The Labute approximate surface area is 126 Å². The van der Waals surface area contributed by atoms with Crippen LogP contribution in [0.1, 0.15) is 5.56 Å². The molecule has 4 nitrogen and oxygen atoms in total. The molecule has 0 aliphatic rings. The number of thiazole rings is 1. The van der Waals surface area contributed by atoms with Gasteiger partial charge in [0, 0.05) is 16.8 Å². The van der Waals surface area contributed by atoms with Gasteiger partial charge in [0.25, 0.3) is 0 Å². The average Bonchev–Trinajstić information content (AvgIpc) is 2.82. The Morgan fingerprint density at radius 1 is 1.10 bits per heavy atom. The van der Waals surface area contributed by atoms with Gasteiger partial charge in [-0.15, -0.1) is 23.7 Å². The maximum atomic E-state index is 7.45. The summed E-state index contributed by atoms with van der Waals surface area (Å²) in [5, 5.41) is 8.39. The Morgan fingerprint density at radius 2 is 1.80 bits per heavy atom. The van der Waals surface area contributed by atoms with Crippen molar-refractivity contribution in [1.82, 2.24) is 4.98 Å². The molecule has 0 fully saturated rings. The minimum absolute atomic E-state index is 0. The van der Waals surface area contributed by atoms with Gasteiger partial charge in [0.1, 0.15) is 10.8 Å². The lowest BCUT2D eigenvalue weighted by molar-refractivity contribution is 1.43. The minimum atomic E-state index is 0. The van der Waals surface area contributed by atoms with Gasteiger partial charge >= 0.3 is 0 Å². The zero-order chi connectivity index (χ0) is 13.4. The zero-order valence-electron chi connectivity index (χ0n) is 10.5. The van der Waals surface area contributed by atoms with E-state index in [0.29, 0.717) is 0 Å². The summed E-state index contributed by atoms with van der Waals surface area (Å²) in [6.07, 6.45) is 0. The van der Waals surface area contributed by atoms with E-state index in [2.05, 4.69) is 4.98 Å². The maximum Gasteiger partial charge on any atom is 0.124 e. The van der Waals surface area contributed by atoms with Crippen LogP contribution in [-0.4, -0.2) is 10.8 Å². The Morgan fingerprint density at radius 3 is 2.45 bits per heavy atom. The molecular weight excluding hydrogens is 292 g/mol. The van der Waals surface area contributed by atoms with Crippen molar-refractivity contribution in [1.29, 1.82) is 5.41 Å². The van der Waals surface area contributed by atoms with E-state index in [1.54, 1.807) is 11.3 Å². The second-order valence-corrected chi connectivity index (χ2v) is 5.27. The van der Waals surface area contributed by atoms with E-state index in [0.717, 1.165) is 32.0 Å². The fraction of sp³-hybridized carbons (Fsp3) is 0. The number of rotatable bonds is 2. The second kappa shape index (κ2) is 5.48. The first-order chi connectivity index (χ1) is 9.13. The van der Waals surface area contributed by atoms with E-state index in [1.165, 1.54) is 0 Å². The SMILES string of the molecule is Cl.N=C(N)c1ccc2nc(-c3ccc(N)cc3)sc2c1. The summed E-state index contributed by atoms with van der Waals surface area (Å²) in [5.41, 5.74) is 14.6. The molecule has 1 heterocycles. The number of anilines is 1. The average molecular weight is 305 g/mol. The number of halogens is 1. The van der Waals surface area contributed by atoms with Crippen molar-refractivity contribution in [3.8, 4) is 10.6 Å². The molecule has 0 atom stereocenters. The highest BCUT2D eigenvalue weighted by molar-refractivity contribution is 7.21. The molecule has 0 saturated heterocycles. The van der Waals surface area contributed by atoms with Gasteiger partial charge in [-0.3, -0.25) is 5.41 Å². The van der Waals surface area contributed by atoms with E-state index in [4.69, 9.17) is 16.9 Å². The van der Waals surface area contributed by atoms with Crippen LogP contribution in [0.5, 0.6) is 0 Å². The Hall–Kier alpha value is -2.11. The van der Waals surface area contributed by atoms with Crippen LogP contribution in [0.25, 0.3) is 20.8 Å². The van der Waals surface area contributed by atoms with Gasteiger partial charge in [-0.1, -0.05) is 0 Å². The standard InChI is InChI=1S/C14H12N4S.ClH/c15-10-4-1-8(2-5-10)14-18-11-6-3-9(13(16)17)7-12(11)19-14;/h1-7H,15H2,(H3,16,17);1H. The number of aromatic nitrogens is 1. The third-order valence-electron chi connectivity index (χ3n) is 2.86. The Bertz CT molecular complexity index is 764. The molecular formula is C14H13ClN4S. The van der Waals surface area contributed by atoms with Gasteiger partial charge in [0.05, 0.1) is 10.2 Å². The summed E-state index contributed by atoms with van der Waals surface area (Å²) in [6, 6.07) is 13.2. The van der Waals surface area contributed by atoms with Crippen molar-refractivity contribution in [2.75, 3.05) is 5.73 Å². The monoisotopic (exact) mass is 304 g/mol. The molecule has 0 saturated carbocycles. The van der Waals surface area contributed by atoms with Crippen molar-refractivity contribution in [3.05, 3.63) is 48.0 Å². The van der Waals surface area contributed by atoms with Crippen molar-refractivity contribution < 1.29 is 0 Å². The second-order valence-electron chi connectivity index (χ2n) is 4.24. The number of fused-ring (bicyclic) bond motifs is 1. The van der Waals surface area contributed by atoms with Crippen molar-refractivity contribution >= 4 is 45.5 Å². The van der Waals surface area contributed by atoms with Crippen LogP contribution in [0.2, 0.25) is 0 Å². The number of nitrogens with two attached hydrogens (primary N) is 2. The zero-order valence-corrected chi connectivity index (χ0v) is 12.1. The van der Waals surface area contributed by atoms with Crippen LogP contribution in [-0.2, 0) is 0 Å². The number of hydrogen-bond acceptors (Lipinski definition) is 4. The van der Waals surface area contributed by atoms with Crippen LogP contribution in [0, 0.1) is 5.41 Å². The summed E-state index contributed by atoms with van der Waals surface area (Å²) in [5.74, 6) is 0.0735. The molecule has 5 N–H and O–H groups in total. The first kappa shape index (κ1) is 14.3. The van der Waals surface area contributed by atoms with Crippen molar-refractivity contribution in [2.45, 2.75) is 0 Å². The Kier molecular flexibility index (Phi) is 3.92. The molecule has 0 aliphatic heterocycles. The lowest BCUT2D eigenvalue weighted by atomic mass is 10.2. The van der Waals surface area contributed by atoms with Crippen LogP contribution >= 0.6 is 23.7 Å². The van der Waals surface area contributed by atoms with E-state index in [1.807, 2.05) is 42.5 Å². The molecule has 102 valence electrons. The Balaban J connectivity index is 0.00000147. The normalized spacial score (nSPS) is 10.2. The first-order valence-corrected chi connectivity index (χ1v) is 6.56. The molecule has 2 aromatic carbocycles. The van der Waals surface area contributed by atoms with Gasteiger partial charge < -0.3 is 11.5 Å². The predicted molar refractivity (Wildman–Crippen MR) is 87.7 cm³/mol. The van der Waals surface area contributed by atoms with E-state index < -0.39 is 0 Å². The van der Waals surface area contributed by atoms with Crippen LogP contribution in [0.4, 0.5) is 5.69 Å². The maximum absolute atomic E-state index is 7.45. The number of nitrogen functional groups attached to an aromatic ring is 2. The summed E-state index contributed by atoms with van der Waals surface area (Å²) in [4.78, 5) is 4.58. The summed E-state index contributed by atoms with van der Waals surface area (Å²) >= 11 is 1.58. The molecule has 0 radical (unpaired) electrons. The summed E-state index contributed by atoms with van der Waals surface area (Å²) in [6.45, 7) is 0. The molecule has 1 aromatic heterocycles. The molecule has 0 aliphatic carbocycles. The van der Waals surface area contributed by atoms with Gasteiger partial charge in [-0.05, 0) is 42.5 Å². The molecule has 3 aromatic rings. The highest BCUT2D eigenvalue weighted by Crippen LogP contribution is 2.30. The molecule has 3 rings (SSSR count). The number of nitrogens with zero attached hydrogens (tertiary/aromatic N) is 1. The van der Waals surface area contributed by atoms with Crippen molar-refractivity contribution in [2.24, 2.45) is 5.73 Å². The highest BCUT2D eigenvalue weighted by atomic mass is 35.5. The first-order valence-electron chi connectivity index (χ1n) is 5.74. The topological polar surface area (TPSA) is 88.8 Å². The molecule has 0 spiro atoms. The van der Waals surface area contributed by atoms with E-state index in [9.17, 15) is 0 Å². The molecule has 0 amide bonds. The van der Waals surface area contributed by atoms with Gasteiger partial charge in [-0.25, -0.2) is 4.98 Å². The fourth-order valence-electron chi connectivity index (χ4n) is 1.84. The van der Waals surface area contributed by atoms with E-state index >= 15 is 0 Å². The number of hydrogen-bond donors (Lipinski definition) is 3. The summed E-state index contributed by atoms with van der Waals surface area (Å²) in [7, 11) is 0. The lowest BCUT2D eigenvalue weighted by Gasteiger charge is -1.95. The van der Waals surface area contributed by atoms with Gasteiger partial charge in [0.2, 0.25) is 0 Å². The van der Waals surface area contributed by atoms with Crippen LogP contribution < -0.4 is 11.5 Å². The van der Waals surface area contributed by atoms with Crippen LogP contribution in [0.15, 0.2) is 42.5 Å². The molecule has 20 heavy (non-hydrogen) atoms. The summed E-state index contributed by atoms with van der Waals surface area (Å²) < 4.78 is 1.03. The molecule has 6 heteroatoms. The molecule has 0 unspecified atom stereocenters. The minimum Gasteiger partial charge on any atom is -0.399 e. The largest absolute Gasteiger partial charge is 0.399 e. The number of benzene rings is 2. The molecule has 0 bridgehead atoms. The quantitative estimate of drug-likeness (QED) is 0.386. The number of nitrogens with one attached hydrogen (secondary N) is 1. The smallest absolute Gasteiger partial charge is 0.124 e. The van der Waals surface area contributed by atoms with Crippen LogP contribution in [0.3, 0.4) is 0 Å². The van der Waals surface area contributed by atoms with Gasteiger partial charge in [0.15, 0.2) is 0 Å². The third-order valence-corrected chi connectivity index (χ3v) is 3.92. The van der Waals surface area contributed by atoms with Gasteiger partial charge in [-0.2, -0.15) is 0 Å². The van der Waals surface area contributed by atoms with E-state index in [-0.39, 0.29) is 18.2 Å². The highest BCUT2D eigenvalue weighted by Gasteiger charge is 2.07. The predicted octanol–water partition coefficient (Wildman–Crippen LogP) is 3.25.